The van der Waals surface area contributed by atoms with Crippen molar-refractivity contribution in [3.05, 3.63) is 29.3 Å². The Labute approximate surface area is 127 Å². The van der Waals surface area contributed by atoms with Crippen LogP contribution < -0.4 is 10.5 Å². The zero-order valence-corrected chi connectivity index (χ0v) is 13.2. The first-order valence-corrected chi connectivity index (χ1v) is 7.54. The second-order valence-corrected chi connectivity index (χ2v) is 6.61. The molecule has 4 heteroatoms. The van der Waals surface area contributed by atoms with E-state index in [1.54, 1.807) is 13.2 Å². The highest BCUT2D eigenvalue weighted by Crippen LogP contribution is 2.36. The van der Waals surface area contributed by atoms with E-state index < -0.39 is 0 Å². The molecule has 0 unspecified atom stereocenters. The number of benzene rings is 1. The van der Waals surface area contributed by atoms with E-state index in [4.69, 9.17) is 20.6 Å². The molecule has 0 atom stereocenters. The molecule has 116 valence electrons. The second-order valence-electron chi connectivity index (χ2n) is 6.61. The lowest BCUT2D eigenvalue weighted by atomic mass is 9.76. The van der Waals surface area contributed by atoms with Crippen LogP contribution in [0, 0.1) is 10.8 Å². The Morgan fingerprint density at radius 2 is 2.00 bits per heavy atom. The summed E-state index contributed by atoms with van der Waals surface area (Å²) in [6.45, 7) is 5.15. The first-order chi connectivity index (χ1) is 9.91. The molecule has 1 aliphatic carbocycles. The van der Waals surface area contributed by atoms with Gasteiger partial charge in [-0.05, 0) is 49.3 Å². The van der Waals surface area contributed by atoms with Gasteiger partial charge in [0.2, 0.25) is 0 Å². The summed E-state index contributed by atoms with van der Waals surface area (Å²) >= 11 is 0. The minimum Gasteiger partial charge on any atom is -0.496 e. The Kier molecular flexibility index (Phi) is 4.88. The van der Waals surface area contributed by atoms with E-state index in [1.807, 2.05) is 12.1 Å². The Morgan fingerprint density at radius 1 is 1.33 bits per heavy atom. The summed E-state index contributed by atoms with van der Waals surface area (Å²) in [5.74, 6) is 0.856. The van der Waals surface area contributed by atoms with Crippen molar-refractivity contribution in [1.82, 2.24) is 0 Å². The quantitative estimate of drug-likeness (QED) is 0.644. The molecule has 1 fully saturated rings. The predicted molar refractivity (Wildman–Crippen MR) is 84.8 cm³/mol. The molecule has 0 radical (unpaired) electrons. The van der Waals surface area contributed by atoms with Crippen LogP contribution in [0.25, 0.3) is 0 Å². The van der Waals surface area contributed by atoms with E-state index in [0.717, 1.165) is 24.2 Å². The highest BCUT2D eigenvalue weighted by Gasteiger charge is 2.27. The summed E-state index contributed by atoms with van der Waals surface area (Å²) < 4.78 is 11.4. The van der Waals surface area contributed by atoms with Crippen molar-refractivity contribution in [3.8, 4) is 5.75 Å². The summed E-state index contributed by atoms with van der Waals surface area (Å²) in [7, 11) is 1.65. The van der Waals surface area contributed by atoms with Gasteiger partial charge < -0.3 is 15.2 Å². The van der Waals surface area contributed by atoms with Crippen molar-refractivity contribution >= 4 is 5.84 Å². The van der Waals surface area contributed by atoms with Gasteiger partial charge in [0.15, 0.2) is 0 Å². The molecular weight excluding hydrogens is 264 g/mol. The first kappa shape index (κ1) is 15.8. The molecule has 0 saturated heterocycles. The molecule has 0 bridgehead atoms. The van der Waals surface area contributed by atoms with Crippen LogP contribution >= 0.6 is 0 Å². The van der Waals surface area contributed by atoms with Gasteiger partial charge in [-0.3, -0.25) is 5.41 Å². The summed E-state index contributed by atoms with van der Waals surface area (Å²) in [6, 6.07) is 5.53. The third-order valence-corrected chi connectivity index (χ3v) is 4.35. The lowest BCUT2D eigenvalue weighted by Crippen LogP contribution is -2.26. The van der Waals surface area contributed by atoms with Gasteiger partial charge in [0.05, 0.1) is 19.8 Å². The lowest BCUT2D eigenvalue weighted by molar-refractivity contribution is -0.00621. The van der Waals surface area contributed by atoms with E-state index in [9.17, 15) is 0 Å². The van der Waals surface area contributed by atoms with Gasteiger partial charge in [0, 0.05) is 11.1 Å². The van der Waals surface area contributed by atoms with Crippen LogP contribution in [0.2, 0.25) is 0 Å². The van der Waals surface area contributed by atoms with Crippen LogP contribution in [0.3, 0.4) is 0 Å². The largest absolute Gasteiger partial charge is 0.496 e. The van der Waals surface area contributed by atoms with Gasteiger partial charge in [0.25, 0.3) is 0 Å². The van der Waals surface area contributed by atoms with E-state index in [1.165, 1.54) is 12.8 Å². The van der Waals surface area contributed by atoms with E-state index in [0.29, 0.717) is 23.7 Å². The number of hydrogen-bond donors (Lipinski definition) is 2. The molecule has 0 spiro atoms. The van der Waals surface area contributed by atoms with Crippen LogP contribution in [0.4, 0.5) is 0 Å². The number of methoxy groups -OCH3 is 1. The Hall–Kier alpha value is -1.55. The molecule has 1 aromatic carbocycles. The van der Waals surface area contributed by atoms with Gasteiger partial charge in [-0.1, -0.05) is 13.8 Å². The molecule has 0 heterocycles. The summed E-state index contributed by atoms with van der Waals surface area (Å²) in [6.07, 6.45) is 4.97. The molecule has 1 aliphatic rings. The first-order valence-electron chi connectivity index (χ1n) is 7.54. The Bertz CT molecular complexity index is 502. The number of hydrogen-bond acceptors (Lipinski definition) is 3. The SMILES string of the molecule is COc1ccc(C(=N)N)cc1COC1CCC(C)(C)CC1. The van der Waals surface area contributed by atoms with Crippen molar-refractivity contribution in [2.45, 2.75) is 52.2 Å². The Balaban J connectivity index is 1.99. The van der Waals surface area contributed by atoms with Crippen molar-refractivity contribution in [2.24, 2.45) is 11.1 Å². The van der Waals surface area contributed by atoms with Gasteiger partial charge in [-0.15, -0.1) is 0 Å². The molecule has 21 heavy (non-hydrogen) atoms. The fourth-order valence-corrected chi connectivity index (χ4v) is 2.81. The minimum absolute atomic E-state index is 0.0679. The second kappa shape index (κ2) is 6.48. The van der Waals surface area contributed by atoms with Crippen LogP contribution in [0.5, 0.6) is 5.75 Å². The summed E-state index contributed by atoms with van der Waals surface area (Å²) in [4.78, 5) is 0. The third kappa shape index (κ3) is 4.21. The zero-order chi connectivity index (χ0) is 15.5. The number of rotatable bonds is 5. The number of nitrogens with one attached hydrogen (secondary N) is 1. The maximum Gasteiger partial charge on any atom is 0.124 e. The fourth-order valence-electron chi connectivity index (χ4n) is 2.81. The van der Waals surface area contributed by atoms with Gasteiger partial charge >= 0.3 is 0 Å². The average molecular weight is 290 g/mol. The molecular formula is C17H26N2O2. The molecule has 0 aliphatic heterocycles. The van der Waals surface area contributed by atoms with Crippen LogP contribution in [-0.4, -0.2) is 19.0 Å². The summed E-state index contributed by atoms with van der Waals surface area (Å²) in [5.41, 5.74) is 7.66. The summed E-state index contributed by atoms with van der Waals surface area (Å²) in [5, 5.41) is 7.53. The van der Waals surface area contributed by atoms with Crippen molar-refractivity contribution < 1.29 is 9.47 Å². The van der Waals surface area contributed by atoms with Crippen LogP contribution in [-0.2, 0) is 11.3 Å². The van der Waals surface area contributed by atoms with Gasteiger partial charge in [0.1, 0.15) is 11.6 Å². The van der Waals surface area contributed by atoms with Gasteiger partial charge in [-0.25, -0.2) is 0 Å². The van der Waals surface area contributed by atoms with Gasteiger partial charge in [-0.2, -0.15) is 0 Å². The topological polar surface area (TPSA) is 68.3 Å². The maximum absolute atomic E-state index is 7.53. The maximum atomic E-state index is 7.53. The average Bonchev–Trinajstić information content (AvgIpc) is 2.45. The number of amidine groups is 1. The molecule has 1 saturated carbocycles. The van der Waals surface area contributed by atoms with Crippen molar-refractivity contribution in [1.29, 1.82) is 5.41 Å². The Morgan fingerprint density at radius 3 is 2.57 bits per heavy atom. The lowest BCUT2D eigenvalue weighted by Gasteiger charge is -2.34. The molecule has 0 aromatic heterocycles. The van der Waals surface area contributed by atoms with Crippen molar-refractivity contribution in [3.63, 3.8) is 0 Å². The van der Waals surface area contributed by atoms with E-state index in [-0.39, 0.29) is 5.84 Å². The fraction of sp³-hybridized carbons (Fsp3) is 0.588. The number of nitrogen functional groups attached to an aromatic ring is 1. The monoisotopic (exact) mass is 290 g/mol. The molecule has 2 rings (SSSR count). The number of nitrogens with two attached hydrogens (primary N) is 1. The zero-order valence-electron chi connectivity index (χ0n) is 13.2. The molecule has 0 amide bonds. The van der Waals surface area contributed by atoms with Crippen LogP contribution in [0.1, 0.15) is 50.7 Å². The molecule has 1 aromatic rings. The van der Waals surface area contributed by atoms with E-state index in [2.05, 4.69) is 13.8 Å². The number of ether oxygens (including phenoxy) is 2. The normalized spacial score (nSPS) is 18.4. The third-order valence-electron chi connectivity index (χ3n) is 4.35. The van der Waals surface area contributed by atoms with E-state index >= 15 is 0 Å². The smallest absolute Gasteiger partial charge is 0.124 e. The standard InChI is InChI=1S/C17H26N2O2/c1-17(2)8-6-14(7-9-17)21-11-13-10-12(16(18)19)4-5-15(13)20-3/h4-5,10,14H,6-9,11H2,1-3H3,(H3,18,19). The highest BCUT2D eigenvalue weighted by atomic mass is 16.5. The molecule has 3 N–H and O–H groups in total. The van der Waals surface area contributed by atoms with Crippen LogP contribution in [0.15, 0.2) is 18.2 Å². The van der Waals surface area contributed by atoms with Crippen molar-refractivity contribution in [2.75, 3.05) is 7.11 Å². The predicted octanol–water partition coefficient (Wildman–Crippen LogP) is 3.46. The minimum atomic E-state index is 0.0679. The molecule has 4 nitrogen and oxygen atoms in total. The highest BCUT2D eigenvalue weighted by molar-refractivity contribution is 5.95.